The standard InChI is InChI=1S/C16H16N4O/c1-2-21-15-4-3-9-18-16(15)20-11-13(10-19-20)12-5-7-14(17)8-6-12/h3-11H,2,17H2,1H3. The molecule has 0 unspecified atom stereocenters. The Kier molecular flexibility index (Phi) is 3.55. The summed E-state index contributed by atoms with van der Waals surface area (Å²) >= 11 is 0. The van der Waals surface area contributed by atoms with Crippen molar-refractivity contribution in [2.45, 2.75) is 6.92 Å². The molecule has 0 fully saturated rings. The minimum Gasteiger partial charge on any atom is -0.490 e. The molecule has 0 spiro atoms. The predicted octanol–water partition coefficient (Wildman–Crippen LogP) is 2.92. The molecule has 2 aromatic heterocycles. The molecule has 2 heterocycles. The van der Waals surface area contributed by atoms with Gasteiger partial charge in [-0.2, -0.15) is 5.10 Å². The summed E-state index contributed by atoms with van der Waals surface area (Å²) in [5.41, 5.74) is 8.51. The highest BCUT2D eigenvalue weighted by Crippen LogP contribution is 2.24. The van der Waals surface area contributed by atoms with Gasteiger partial charge in [0.1, 0.15) is 0 Å². The predicted molar refractivity (Wildman–Crippen MR) is 82.4 cm³/mol. The maximum atomic E-state index is 5.71. The zero-order valence-corrected chi connectivity index (χ0v) is 11.7. The van der Waals surface area contributed by atoms with Gasteiger partial charge in [0, 0.05) is 23.6 Å². The zero-order chi connectivity index (χ0) is 14.7. The lowest BCUT2D eigenvalue weighted by atomic mass is 10.1. The molecule has 0 radical (unpaired) electrons. The van der Waals surface area contributed by atoms with Gasteiger partial charge in [-0.25, -0.2) is 9.67 Å². The number of aromatic nitrogens is 3. The highest BCUT2D eigenvalue weighted by Gasteiger charge is 2.09. The Labute approximate surface area is 123 Å². The number of nitrogen functional groups attached to an aromatic ring is 1. The average molecular weight is 280 g/mol. The highest BCUT2D eigenvalue weighted by molar-refractivity contribution is 5.64. The molecule has 0 saturated carbocycles. The van der Waals surface area contributed by atoms with Crippen molar-refractivity contribution in [1.82, 2.24) is 14.8 Å². The van der Waals surface area contributed by atoms with Gasteiger partial charge in [0.05, 0.1) is 12.8 Å². The van der Waals surface area contributed by atoms with Crippen LogP contribution in [0.25, 0.3) is 16.9 Å². The van der Waals surface area contributed by atoms with Crippen LogP contribution < -0.4 is 10.5 Å². The molecule has 3 aromatic rings. The van der Waals surface area contributed by atoms with Gasteiger partial charge in [-0.15, -0.1) is 0 Å². The number of hydrogen-bond donors (Lipinski definition) is 1. The molecule has 0 bridgehead atoms. The summed E-state index contributed by atoms with van der Waals surface area (Å²) in [7, 11) is 0. The van der Waals surface area contributed by atoms with Crippen LogP contribution in [-0.4, -0.2) is 21.4 Å². The minimum atomic E-state index is 0.588. The van der Waals surface area contributed by atoms with Crippen molar-refractivity contribution >= 4 is 5.69 Å². The summed E-state index contributed by atoms with van der Waals surface area (Å²) in [6, 6.07) is 11.4. The smallest absolute Gasteiger partial charge is 0.196 e. The van der Waals surface area contributed by atoms with E-state index in [9.17, 15) is 0 Å². The van der Waals surface area contributed by atoms with E-state index in [2.05, 4.69) is 10.1 Å². The first-order chi connectivity index (χ1) is 10.3. The third kappa shape index (κ3) is 2.72. The molecule has 106 valence electrons. The van der Waals surface area contributed by atoms with Gasteiger partial charge in [0.25, 0.3) is 0 Å². The van der Waals surface area contributed by atoms with E-state index in [-0.39, 0.29) is 0 Å². The SMILES string of the molecule is CCOc1cccnc1-n1cc(-c2ccc(N)cc2)cn1. The number of benzene rings is 1. The molecule has 5 heteroatoms. The Hall–Kier alpha value is -2.82. The third-order valence-corrected chi connectivity index (χ3v) is 3.09. The van der Waals surface area contributed by atoms with Crippen LogP contribution in [0.2, 0.25) is 0 Å². The second-order valence-electron chi connectivity index (χ2n) is 4.55. The maximum Gasteiger partial charge on any atom is 0.196 e. The molecular formula is C16H16N4O. The molecule has 0 atom stereocenters. The van der Waals surface area contributed by atoms with Crippen molar-refractivity contribution in [3.8, 4) is 22.7 Å². The molecule has 0 aliphatic heterocycles. The summed E-state index contributed by atoms with van der Waals surface area (Å²) < 4.78 is 7.30. The molecule has 5 nitrogen and oxygen atoms in total. The fourth-order valence-corrected chi connectivity index (χ4v) is 2.09. The van der Waals surface area contributed by atoms with E-state index in [0.717, 1.165) is 16.8 Å². The minimum absolute atomic E-state index is 0.588. The Morgan fingerprint density at radius 1 is 1.14 bits per heavy atom. The van der Waals surface area contributed by atoms with Crippen molar-refractivity contribution in [3.05, 3.63) is 55.0 Å². The molecule has 3 rings (SSSR count). The first-order valence-electron chi connectivity index (χ1n) is 6.76. The number of anilines is 1. The van der Waals surface area contributed by atoms with E-state index in [1.807, 2.05) is 49.5 Å². The van der Waals surface area contributed by atoms with Gasteiger partial charge < -0.3 is 10.5 Å². The largest absolute Gasteiger partial charge is 0.490 e. The van der Waals surface area contributed by atoms with Gasteiger partial charge in [-0.1, -0.05) is 12.1 Å². The second-order valence-corrected chi connectivity index (χ2v) is 4.55. The van der Waals surface area contributed by atoms with Crippen molar-refractivity contribution in [2.24, 2.45) is 0 Å². The number of ether oxygens (including phenoxy) is 1. The molecule has 0 amide bonds. The molecule has 0 saturated heterocycles. The lowest BCUT2D eigenvalue weighted by Crippen LogP contribution is -2.02. The molecule has 0 aliphatic rings. The van der Waals surface area contributed by atoms with Gasteiger partial charge >= 0.3 is 0 Å². The van der Waals surface area contributed by atoms with Crippen molar-refractivity contribution < 1.29 is 4.74 Å². The fourth-order valence-electron chi connectivity index (χ4n) is 2.09. The monoisotopic (exact) mass is 280 g/mol. The molecule has 0 aliphatic carbocycles. The van der Waals surface area contributed by atoms with Crippen LogP contribution in [0.1, 0.15) is 6.92 Å². The number of pyridine rings is 1. The Balaban J connectivity index is 1.97. The summed E-state index contributed by atoms with van der Waals surface area (Å²) in [6.07, 6.45) is 5.45. The van der Waals surface area contributed by atoms with Crippen LogP contribution in [0.5, 0.6) is 5.75 Å². The van der Waals surface area contributed by atoms with Gasteiger partial charge in [0.2, 0.25) is 0 Å². The Morgan fingerprint density at radius 2 is 1.95 bits per heavy atom. The first-order valence-corrected chi connectivity index (χ1v) is 6.76. The van der Waals surface area contributed by atoms with Crippen molar-refractivity contribution in [3.63, 3.8) is 0 Å². The number of nitrogens with two attached hydrogens (primary N) is 1. The zero-order valence-electron chi connectivity index (χ0n) is 11.7. The lowest BCUT2D eigenvalue weighted by molar-refractivity contribution is 0.336. The van der Waals surface area contributed by atoms with Gasteiger partial charge in [0.15, 0.2) is 11.6 Å². The van der Waals surface area contributed by atoms with Crippen LogP contribution in [0, 0.1) is 0 Å². The maximum absolute atomic E-state index is 5.71. The second kappa shape index (κ2) is 5.66. The van der Waals surface area contributed by atoms with E-state index in [0.29, 0.717) is 18.2 Å². The normalized spacial score (nSPS) is 10.5. The quantitative estimate of drug-likeness (QED) is 0.746. The number of hydrogen-bond acceptors (Lipinski definition) is 4. The van der Waals surface area contributed by atoms with Crippen LogP contribution in [-0.2, 0) is 0 Å². The van der Waals surface area contributed by atoms with E-state index in [1.165, 1.54) is 0 Å². The van der Waals surface area contributed by atoms with Crippen LogP contribution in [0.15, 0.2) is 55.0 Å². The Morgan fingerprint density at radius 3 is 2.71 bits per heavy atom. The van der Waals surface area contributed by atoms with Crippen molar-refractivity contribution in [1.29, 1.82) is 0 Å². The van der Waals surface area contributed by atoms with Gasteiger partial charge in [-0.3, -0.25) is 0 Å². The van der Waals surface area contributed by atoms with Gasteiger partial charge in [-0.05, 0) is 36.8 Å². The summed E-state index contributed by atoms with van der Waals surface area (Å²) in [5, 5.41) is 4.37. The molecule has 2 N–H and O–H groups in total. The highest BCUT2D eigenvalue weighted by atomic mass is 16.5. The van der Waals surface area contributed by atoms with Crippen LogP contribution >= 0.6 is 0 Å². The van der Waals surface area contributed by atoms with Crippen LogP contribution in [0.4, 0.5) is 5.69 Å². The lowest BCUT2D eigenvalue weighted by Gasteiger charge is -2.08. The molecule has 1 aromatic carbocycles. The van der Waals surface area contributed by atoms with E-state index in [1.54, 1.807) is 17.1 Å². The molecular weight excluding hydrogens is 264 g/mol. The molecule has 21 heavy (non-hydrogen) atoms. The third-order valence-electron chi connectivity index (χ3n) is 3.09. The van der Waals surface area contributed by atoms with E-state index >= 15 is 0 Å². The first kappa shape index (κ1) is 13.2. The summed E-state index contributed by atoms with van der Waals surface area (Å²) in [5.74, 6) is 1.40. The topological polar surface area (TPSA) is 66.0 Å². The van der Waals surface area contributed by atoms with Crippen LogP contribution in [0.3, 0.4) is 0 Å². The summed E-state index contributed by atoms with van der Waals surface area (Å²) in [6.45, 7) is 2.53. The Bertz CT molecular complexity index is 734. The number of nitrogens with zero attached hydrogens (tertiary/aromatic N) is 3. The van der Waals surface area contributed by atoms with Crippen molar-refractivity contribution in [2.75, 3.05) is 12.3 Å². The summed E-state index contributed by atoms with van der Waals surface area (Å²) in [4.78, 5) is 4.34. The average Bonchev–Trinajstić information content (AvgIpc) is 2.99. The van der Waals surface area contributed by atoms with E-state index in [4.69, 9.17) is 10.5 Å². The van der Waals surface area contributed by atoms with E-state index < -0.39 is 0 Å². The fraction of sp³-hybridized carbons (Fsp3) is 0.125. The number of rotatable bonds is 4.